The van der Waals surface area contributed by atoms with E-state index in [4.69, 9.17) is 4.74 Å². The standard InChI is InChI=1S/C20H16N2O2/c1-2-24-20(23)16-9-10-17-18(12-16)22-19(21-17)15-8-7-13-5-3-4-6-14(13)11-15/h3-12H,2H2,1H3,(H,21,22). The van der Waals surface area contributed by atoms with Crippen molar-refractivity contribution in [3.8, 4) is 11.4 Å². The molecule has 0 radical (unpaired) electrons. The molecule has 3 aromatic carbocycles. The third-order valence-electron chi connectivity index (χ3n) is 4.02. The van der Waals surface area contributed by atoms with Crippen molar-refractivity contribution >= 4 is 27.8 Å². The maximum Gasteiger partial charge on any atom is 0.338 e. The van der Waals surface area contributed by atoms with Crippen molar-refractivity contribution in [2.75, 3.05) is 6.61 Å². The summed E-state index contributed by atoms with van der Waals surface area (Å²) in [6.07, 6.45) is 0. The summed E-state index contributed by atoms with van der Waals surface area (Å²) >= 11 is 0. The van der Waals surface area contributed by atoms with Gasteiger partial charge < -0.3 is 9.72 Å². The van der Waals surface area contributed by atoms with Gasteiger partial charge in [0.05, 0.1) is 23.2 Å². The Morgan fingerprint density at radius 1 is 1.04 bits per heavy atom. The van der Waals surface area contributed by atoms with E-state index in [9.17, 15) is 4.79 Å². The van der Waals surface area contributed by atoms with Crippen molar-refractivity contribution in [1.82, 2.24) is 9.97 Å². The molecule has 4 rings (SSSR count). The van der Waals surface area contributed by atoms with Gasteiger partial charge >= 0.3 is 5.97 Å². The summed E-state index contributed by atoms with van der Waals surface area (Å²) < 4.78 is 5.04. The lowest BCUT2D eigenvalue weighted by atomic mass is 10.1. The summed E-state index contributed by atoms with van der Waals surface area (Å²) in [5.41, 5.74) is 3.19. The quantitative estimate of drug-likeness (QED) is 0.564. The van der Waals surface area contributed by atoms with Gasteiger partial charge in [-0.1, -0.05) is 36.4 Å². The lowest BCUT2D eigenvalue weighted by molar-refractivity contribution is 0.0526. The number of carbonyl (C=O) groups is 1. The van der Waals surface area contributed by atoms with E-state index in [1.165, 1.54) is 10.8 Å². The van der Waals surface area contributed by atoms with Crippen LogP contribution >= 0.6 is 0 Å². The van der Waals surface area contributed by atoms with Crippen LogP contribution in [0.4, 0.5) is 0 Å². The van der Waals surface area contributed by atoms with E-state index in [2.05, 4.69) is 34.2 Å². The highest BCUT2D eigenvalue weighted by Gasteiger charge is 2.11. The number of rotatable bonds is 3. The van der Waals surface area contributed by atoms with E-state index in [1.54, 1.807) is 19.1 Å². The average Bonchev–Trinajstić information content (AvgIpc) is 3.04. The minimum atomic E-state index is -0.318. The second kappa shape index (κ2) is 5.81. The molecule has 0 fully saturated rings. The Hall–Kier alpha value is -3.14. The van der Waals surface area contributed by atoms with Gasteiger partial charge in [-0.25, -0.2) is 9.78 Å². The first-order valence-corrected chi connectivity index (χ1v) is 7.90. The van der Waals surface area contributed by atoms with E-state index >= 15 is 0 Å². The molecule has 1 aromatic heterocycles. The van der Waals surface area contributed by atoms with Gasteiger partial charge in [-0.2, -0.15) is 0 Å². The summed E-state index contributed by atoms with van der Waals surface area (Å²) in [7, 11) is 0. The molecule has 0 bridgehead atoms. The second-order valence-electron chi connectivity index (χ2n) is 5.60. The van der Waals surface area contributed by atoms with Crippen LogP contribution < -0.4 is 0 Å². The molecule has 0 amide bonds. The number of H-pyrrole nitrogens is 1. The molecule has 0 unspecified atom stereocenters. The van der Waals surface area contributed by atoms with E-state index < -0.39 is 0 Å². The summed E-state index contributed by atoms with van der Waals surface area (Å²) in [6.45, 7) is 2.16. The Labute approximate surface area is 139 Å². The van der Waals surface area contributed by atoms with Crippen LogP contribution in [0.5, 0.6) is 0 Å². The molecule has 118 valence electrons. The van der Waals surface area contributed by atoms with Gasteiger partial charge in [0.1, 0.15) is 5.82 Å². The molecular weight excluding hydrogens is 300 g/mol. The number of hydrogen-bond donors (Lipinski definition) is 1. The number of aromatic amines is 1. The van der Waals surface area contributed by atoms with E-state index in [0.29, 0.717) is 12.2 Å². The second-order valence-corrected chi connectivity index (χ2v) is 5.60. The predicted octanol–water partition coefficient (Wildman–Crippen LogP) is 4.56. The minimum Gasteiger partial charge on any atom is -0.462 e. The Balaban J connectivity index is 1.77. The monoisotopic (exact) mass is 316 g/mol. The number of imidazole rings is 1. The maximum atomic E-state index is 11.9. The number of carbonyl (C=O) groups excluding carboxylic acids is 1. The summed E-state index contributed by atoms with van der Waals surface area (Å²) in [5.74, 6) is 0.470. The third kappa shape index (κ3) is 2.52. The first-order chi connectivity index (χ1) is 11.7. The maximum absolute atomic E-state index is 11.9. The zero-order valence-corrected chi connectivity index (χ0v) is 13.2. The third-order valence-corrected chi connectivity index (χ3v) is 4.02. The SMILES string of the molecule is CCOC(=O)c1ccc2nc(-c3ccc4ccccc4c3)[nH]c2c1. The fraction of sp³-hybridized carbons (Fsp3) is 0.100. The van der Waals surface area contributed by atoms with Crippen molar-refractivity contribution in [3.63, 3.8) is 0 Å². The minimum absolute atomic E-state index is 0.318. The normalized spacial score (nSPS) is 11.0. The van der Waals surface area contributed by atoms with Gasteiger partial charge in [0, 0.05) is 5.56 Å². The number of esters is 1. The predicted molar refractivity (Wildman–Crippen MR) is 95.0 cm³/mol. The molecule has 0 aliphatic heterocycles. The van der Waals surface area contributed by atoms with Crippen LogP contribution in [0, 0.1) is 0 Å². The largest absolute Gasteiger partial charge is 0.462 e. The van der Waals surface area contributed by atoms with Crippen LogP contribution in [0.1, 0.15) is 17.3 Å². The summed E-state index contributed by atoms with van der Waals surface area (Å²) in [5, 5.41) is 2.37. The molecule has 0 saturated heterocycles. The molecule has 24 heavy (non-hydrogen) atoms. The Bertz CT molecular complexity index is 1050. The van der Waals surface area contributed by atoms with Crippen molar-refractivity contribution < 1.29 is 9.53 Å². The van der Waals surface area contributed by atoms with Crippen LogP contribution in [-0.2, 0) is 4.74 Å². The highest BCUT2D eigenvalue weighted by Crippen LogP contribution is 2.25. The van der Waals surface area contributed by atoms with Crippen LogP contribution in [-0.4, -0.2) is 22.5 Å². The lowest BCUT2D eigenvalue weighted by Gasteiger charge is -2.01. The van der Waals surface area contributed by atoms with E-state index in [-0.39, 0.29) is 5.97 Å². The van der Waals surface area contributed by atoms with Gasteiger partial charge in [0.15, 0.2) is 0 Å². The van der Waals surface area contributed by atoms with Gasteiger partial charge in [-0.05, 0) is 42.0 Å². The first-order valence-electron chi connectivity index (χ1n) is 7.90. The molecule has 0 atom stereocenters. The number of nitrogens with one attached hydrogen (secondary N) is 1. The summed E-state index contributed by atoms with van der Waals surface area (Å²) in [6, 6.07) is 19.8. The van der Waals surface area contributed by atoms with Gasteiger partial charge in [0.2, 0.25) is 0 Å². The van der Waals surface area contributed by atoms with Crippen molar-refractivity contribution in [1.29, 1.82) is 0 Å². The van der Waals surface area contributed by atoms with Crippen LogP contribution in [0.25, 0.3) is 33.2 Å². The zero-order valence-electron chi connectivity index (χ0n) is 13.2. The number of ether oxygens (including phenoxy) is 1. The highest BCUT2D eigenvalue weighted by atomic mass is 16.5. The first kappa shape index (κ1) is 14.5. The Kier molecular flexibility index (Phi) is 3.50. The number of aromatic nitrogens is 2. The van der Waals surface area contributed by atoms with E-state index in [1.807, 2.05) is 24.3 Å². The molecule has 0 aliphatic rings. The zero-order chi connectivity index (χ0) is 16.5. The van der Waals surface area contributed by atoms with Crippen molar-refractivity contribution in [2.45, 2.75) is 6.92 Å². The molecule has 4 nitrogen and oxygen atoms in total. The lowest BCUT2D eigenvalue weighted by Crippen LogP contribution is -2.04. The molecule has 4 aromatic rings. The van der Waals surface area contributed by atoms with E-state index in [0.717, 1.165) is 22.4 Å². The van der Waals surface area contributed by atoms with Gasteiger partial charge in [-0.15, -0.1) is 0 Å². The highest BCUT2D eigenvalue weighted by molar-refractivity contribution is 5.94. The topological polar surface area (TPSA) is 55.0 Å². The Morgan fingerprint density at radius 3 is 2.71 bits per heavy atom. The number of hydrogen-bond acceptors (Lipinski definition) is 3. The van der Waals surface area contributed by atoms with Crippen molar-refractivity contribution in [2.24, 2.45) is 0 Å². The molecule has 4 heteroatoms. The number of benzene rings is 3. The van der Waals surface area contributed by atoms with Crippen LogP contribution in [0.2, 0.25) is 0 Å². The van der Waals surface area contributed by atoms with Crippen LogP contribution in [0.15, 0.2) is 60.7 Å². The van der Waals surface area contributed by atoms with Gasteiger partial charge in [0.25, 0.3) is 0 Å². The van der Waals surface area contributed by atoms with Crippen molar-refractivity contribution in [3.05, 3.63) is 66.2 Å². The van der Waals surface area contributed by atoms with Gasteiger partial charge in [-0.3, -0.25) is 0 Å². The number of nitrogens with zero attached hydrogens (tertiary/aromatic N) is 1. The summed E-state index contributed by atoms with van der Waals surface area (Å²) in [4.78, 5) is 19.8. The fourth-order valence-corrected chi connectivity index (χ4v) is 2.82. The smallest absolute Gasteiger partial charge is 0.338 e. The van der Waals surface area contributed by atoms with Crippen LogP contribution in [0.3, 0.4) is 0 Å². The molecule has 0 saturated carbocycles. The molecule has 0 aliphatic carbocycles. The average molecular weight is 316 g/mol. The number of fused-ring (bicyclic) bond motifs is 2. The Morgan fingerprint density at radius 2 is 1.88 bits per heavy atom. The molecule has 1 N–H and O–H groups in total. The molecule has 0 spiro atoms. The fourth-order valence-electron chi connectivity index (χ4n) is 2.82. The molecule has 1 heterocycles. The molecular formula is C20H16N2O2.